The van der Waals surface area contributed by atoms with Crippen molar-refractivity contribution in [2.75, 3.05) is 18.2 Å². The van der Waals surface area contributed by atoms with Gasteiger partial charge in [-0.25, -0.2) is 4.98 Å². The standard InChI is InChI=1S/C18H18N2O2S2/c1-12-3-5-13(6-4-12)10-23-11-17(21)20-18-19-15-8-7-14(22-2)9-16(15)24-18/h3-9H,10-11H2,1-2H3,(H,19,20,21). The zero-order valence-corrected chi connectivity index (χ0v) is 15.2. The lowest BCUT2D eigenvalue weighted by Gasteiger charge is -2.03. The van der Waals surface area contributed by atoms with Gasteiger partial charge < -0.3 is 10.1 Å². The number of aryl methyl sites for hydroxylation is 1. The molecule has 4 nitrogen and oxygen atoms in total. The van der Waals surface area contributed by atoms with Gasteiger partial charge >= 0.3 is 0 Å². The minimum atomic E-state index is -0.0295. The van der Waals surface area contributed by atoms with Crippen LogP contribution in [0.25, 0.3) is 10.2 Å². The van der Waals surface area contributed by atoms with Crippen molar-refractivity contribution in [2.24, 2.45) is 0 Å². The molecule has 0 radical (unpaired) electrons. The molecule has 0 bridgehead atoms. The molecular weight excluding hydrogens is 340 g/mol. The molecule has 1 amide bonds. The number of hydrogen-bond acceptors (Lipinski definition) is 5. The largest absolute Gasteiger partial charge is 0.497 e. The Morgan fingerprint density at radius 2 is 2.04 bits per heavy atom. The Labute approximate surface area is 149 Å². The van der Waals surface area contributed by atoms with Gasteiger partial charge in [0.05, 0.1) is 23.1 Å². The Morgan fingerprint density at radius 1 is 1.25 bits per heavy atom. The summed E-state index contributed by atoms with van der Waals surface area (Å²) in [6.07, 6.45) is 0. The van der Waals surface area contributed by atoms with E-state index in [0.717, 1.165) is 21.7 Å². The lowest BCUT2D eigenvalue weighted by Crippen LogP contribution is -2.13. The van der Waals surface area contributed by atoms with E-state index in [2.05, 4.69) is 41.5 Å². The number of carbonyl (C=O) groups excluding carboxylic acids is 1. The second-order valence-corrected chi connectivity index (χ2v) is 7.40. The smallest absolute Gasteiger partial charge is 0.236 e. The predicted octanol–water partition coefficient (Wildman–Crippen LogP) is 4.49. The van der Waals surface area contributed by atoms with Gasteiger partial charge in [-0.3, -0.25) is 4.79 Å². The third-order valence-corrected chi connectivity index (χ3v) is 5.40. The molecule has 0 aliphatic heterocycles. The quantitative estimate of drug-likeness (QED) is 0.705. The molecule has 24 heavy (non-hydrogen) atoms. The van der Waals surface area contributed by atoms with E-state index in [4.69, 9.17) is 4.74 Å². The minimum Gasteiger partial charge on any atom is -0.497 e. The summed E-state index contributed by atoms with van der Waals surface area (Å²) in [7, 11) is 1.64. The number of anilines is 1. The van der Waals surface area contributed by atoms with E-state index in [1.54, 1.807) is 18.9 Å². The van der Waals surface area contributed by atoms with Gasteiger partial charge in [-0.2, -0.15) is 0 Å². The molecule has 2 aromatic carbocycles. The SMILES string of the molecule is COc1ccc2nc(NC(=O)CSCc3ccc(C)cc3)sc2c1. The van der Waals surface area contributed by atoms with Gasteiger partial charge in [0, 0.05) is 5.75 Å². The maximum atomic E-state index is 12.1. The van der Waals surface area contributed by atoms with Gasteiger partial charge in [-0.1, -0.05) is 41.2 Å². The van der Waals surface area contributed by atoms with Crippen molar-refractivity contribution in [2.45, 2.75) is 12.7 Å². The molecule has 0 unspecified atom stereocenters. The Kier molecular flexibility index (Phi) is 5.37. The first-order chi connectivity index (χ1) is 11.6. The Morgan fingerprint density at radius 3 is 2.79 bits per heavy atom. The van der Waals surface area contributed by atoms with Crippen LogP contribution in [0.4, 0.5) is 5.13 Å². The number of thiazole rings is 1. The van der Waals surface area contributed by atoms with Crippen LogP contribution < -0.4 is 10.1 Å². The van der Waals surface area contributed by atoms with Crippen molar-refractivity contribution >= 4 is 44.4 Å². The molecule has 3 aromatic rings. The predicted molar refractivity (Wildman–Crippen MR) is 102 cm³/mol. The van der Waals surface area contributed by atoms with E-state index >= 15 is 0 Å². The summed E-state index contributed by atoms with van der Waals surface area (Å²) >= 11 is 3.05. The molecule has 1 heterocycles. The number of rotatable bonds is 6. The number of fused-ring (bicyclic) bond motifs is 1. The van der Waals surface area contributed by atoms with Crippen LogP contribution in [0.2, 0.25) is 0 Å². The second kappa shape index (κ2) is 7.68. The van der Waals surface area contributed by atoms with Crippen molar-refractivity contribution in [3.63, 3.8) is 0 Å². The van der Waals surface area contributed by atoms with Gasteiger partial charge in [0.1, 0.15) is 5.75 Å². The fourth-order valence-corrected chi connectivity index (χ4v) is 3.88. The van der Waals surface area contributed by atoms with Crippen molar-refractivity contribution in [3.05, 3.63) is 53.6 Å². The normalized spacial score (nSPS) is 10.8. The van der Waals surface area contributed by atoms with Crippen molar-refractivity contribution < 1.29 is 9.53 Å². The van der Waals surface area contributed by atoms with E-state index in [1.165, 1.54) is 22.5 Å². The number of ether oxygens (including phenoxy) is 1. The number of amides is 1. The Hall–Kier alpha value is -2.05. The summed E-state index contributed by atoms with van der Waals surface area (Å²) in [6, 6.07) is 14.1. The summed E-state index contributed by atoms with van der Waals surface area (Å²) in [5.74, 6) is 1.99. The number of carbonyl (C=O) groups is 1. The Bertz CT molecular complexity index is 844. The highest BCUT2D eigenvalue weighted by atomic mass is 32.2. The first kappa shape index (κ1) is 16.8. The number of nitrogens with zero attached hydrogens (tertiary/aromatic N) is 1. The first-order valence-electron chi connectivity index (χ1n) is 7.52. The topological polar surface area (TPSA) is 51.2 Å². The Balaban J connectivity index is 1.53. The third kappa shape index (κ3) is 4.27. The molecule has 0 atom stereocenters. The van der Waals surface area contributed by atoms with Crippen LogP contribution in [0.1, 0.15) is 11.1 Å². The summed E-state index contributed by atoms with van der Waals surface area (Å²) in [4.78, 5) is 16.5. The molecule has 124 valence electrons. The van der Waals surface area contributed by atoms with Crippen LogP contribution >= 0.6 is 23.1 Å². The van der Waals surface area contributed by atoms with Crippen LogP contribution in [-0.2, 0) is 10.5 Å². The number of aromatic nitrogens is 1. The monoisotopic (exact) mass is 358 g/mol. The molecule has 0 spiro atoms. The second-order valence-electron chi connectivity index (χ2n) is 5.38. The van der Waals surface area contributed by atoms with Crippen molar-refractivity contribution in [1.29, 1.82) is 0 Å². The molecule has 0 aliphatic carbocycles. The molecule has 0 fully saturated rings. The van der Waals surface area contributed by atoms with E-state index in [9.17, 15) is 4.79 Å². The van der Waals surface area contributed by atoms with Gasteiger partial charge in [0.2, 0.25) is 5.91 Å². The van der Waals surface area contributed by atoms with Crippen LogP contribution in [0, 0.1) is 6.92 Å². The highest BCUT2D eigenvalue weighted by Gasteiger charge is 2.09. The zero-order valence-electron chi connectivity index (χ0n) is 13.5. The number of thioether (sulfide) groups is 1. The maximum Gasteiger partial charge on any atom is 0.236 e. The van der Waals surface area contributed by atoms with Crippen molar-refractivity contribution in [1.82, 2.24) is 4.98 Å². The van der Waals surface area contributed by atoms with E-state index < -0.39 is 0 Å². The van der Waals surface area contributed by atoms with Gasteiger partial charge in [-0.15, -0.1) is 11.8 Å². The number of benzene rings is 2. The zero-order chi connectivity index (χ0) is 16.9. The fourth-order valence-electron chi connectivity index (χ4n) is 2.19. The highest BCUT2D eigenvalue weighted by Crippen LogP contribution is 2.29. The fraction of sp³-hybridized carbons (Fsp3) is 0.222. The summed E-state index contributed by atoms with van der Waals surface area (Å²) < 4.78 is 6.20. The van der Waals surface area contributed by atoms with Crippen LogP contribution in [0.15, 0.2) is 42.5 Å². The summed E-state index contributed by atoms with van der Waals surface area (Å²) in [6.45, 7) is 2.07. The number of hydrogen-bond donors (Lipinski definition) is 1. The molecule has 1 N–H and O–H groups in total. The average molecular weight is 358 g/mol. The van der Waals surface area contributed by atoms with Crippen LogP contribution in [-0.4, -0.2) is 23.8 Å². The highest BCUT2D eigenvalue weighted by molar-refractivity contribution is 7.99. The molecule has 0 saturated heterocycles. The molecule has 3 rings (SSSR count). The first-order valence-corrected chi connectivity index (χ1v) is 9.49. The van der Waals surface area contributed by atoms with Crippen LogP contribution in [0.3, 0.4) is 0 Å². The molecule has 6 heteroatoms. The molecular formula is C18H18N2O2S2. The minimum absolute atomic E-state index is 0.0295. The maximum absolute atomic E-state index is 12.1. The van der Waals surface area contributed by atoms with Crippen LogP contribution in [0.5, 0.6) is 5.75 Å². The van der Waals surface area contributed by atoms with E-state index in [1.807, 2.05) is 18.2 Å². The number of methoxy groups -OCH3 is 1. The summed E-state index contributed by atoms with van der Waals surface area (Å²) in [5.41, 5.74) is 3.34. The van der Waals surface area contributed by atoms with E-state index in [-0.39, 0.29) is 5.91 Å². The van der Waals surface area contributed by atoms with Gasteiger partial charge in [-0.05, 0) is 30.7 Å². The molecule has 0 saturated carbocycles. The van der Waals surface area contributed by atoms with Crippen molar-refractivity contribution in [3.8, 4) is 5.75 Å². The third-order valence-electron chi connectivity index (χ3n) is 3.46. The van der Waals surface area contributed by atoms with Gasteiger partial charge in [0.15, 0.2) is 5.13 Å². The van der Waals surface area contributed by atoms with Gasteiger partial charge in [0.25, 0.3) is 0 Å². The summed E-state index contributed by atoms with van der Waals surface area (Å²) in [5, 5.41) is 3.50. The average Bonchev–Trinajstić information content (AvgIpc) is 2.97. The van der Waals surface area contributed by atoms with E-state index in [0.29, 0.717) is 10.9 Å². The molecule has 1 aromatic heterocycles. The lowest BCUT2D eigenvalue weighted by molar-refractivity contribution is -0.113. The molecule has 0 aliphatic rings. The lowest BCUT2D eigenvalue weighted by atomic mass is 10.2. The number of nitrogens with one attached hydrogen (secondary N) is 1.